The van der Waals surface area contributed by atoms with Gasteiger partial charge in [0.05, 0.1) is 23.1 Å². The van der Waals surface area contributed by atoms with E-state index < -0.39 is 27.5 Å². The number of amides is 3. The van der Waals surface area contributed by atoms with E-state index in [1.165, 1.54) is 38.4 Å². The zero-order valence-electron chi connectivity index (χ0n) is 17.3. The molecule has 3 amide bonds. The summed E-state index contributed by atoms with van der Waals surface area (Å²) in [7, 11) is -0.641. The minimum absolute atomic E-state index is 0.00987. The van der Waals surface area contributed by atoms with Crippen molar-refractivity contribution in [2.45, 2.75) is 17.4 Å². The molecule has 2 aromatic carbocycles. The maximum atomic E-state index is 12.9. The summed E-state index contributed by atoms with van der Waals surface area (Å²) in [5, 5.41) is 11.8. The van der Waals surface area contributed by atoms with Crippen LogP contribution >= 0.6 is 0 Å². The van der Waals surface area contributed by atoms with Gasteiger partial charge in [-0.25, -0.2) is 17.5 Å². The molecular weight excluding hydrogens is 420 g/mol. The van der Waals surface area contributed by atoms with Crippen molar-refractivity contribution in [2.75, 3.05) is 27.2 Å². The molecule has 1 aliphatic heterocycles. The Morgan fingerprint density at radius 1 is 1.16 bits per heavy atom. The van der Waals surface area contributed by atoms with E-state index >= 15 is 0 Å². The molecule has 2 aromatic rings. The number of nitriles is 1. The van der Waals surface area contributed by atoms with Crippen LogP contribution in [0.4, 0.5) is 4.79 Å². The molecule has 1 aliphatic rings. The molecule has 1 fully saturated rings. The predicted octanol–water partition coefficient (Wildman–Crippen LogP) is 1.65. The molecule has 9 nitrogen and oxygen atoms in total. The molecule has 31 heavy (non-hydrogen) atoms. The monoisotopic (exact) mass is 442 g/mol. The summed E-state index contributed by atoms with van der Waals surface area (Å²) < 4.78 is 30.9. The molecule has 0 spiro atoms. The first-order valence-corrected chi connectivity index (χ1v) is 10.8. The molecule has 0 saturated carbocycles. The molecule has 3 rings (SSSR count). The fourth-order valence-electron chi connectivity index (χ4n) is 3.17. The lowest BCUT2D eigenvalue weighted by Gasteiger charge is -2.22. The lowest BCUT2D eigenvalue weighted by atomic mass is 9.91. The summed E-state index contributed by atoms with van der Waals surface area (Å²) in [6, 6.07) is 13.9. The lowest BCUT2D eigenvalue weighted by Crippen LogP contribution is -2.41. The summed E-state index contributed by atoms with van der Waals surface area (Å²) >= 11 is 0. The summed E-state index contributed by atoms with van der Waals surface area (Å²) in [5.41, 5.74) is -0.361. The summed E-state index contributed by atoms with van der Waals surface area (Å²) in [5.74, 6) is -0.0298. The van der Waals surface area contributed by atoms with Crippen LogP contribution in [0.3, 0.4) is 0 Å². The topological polar surface area (TPSA) is 120 Å². The quantitative estimate of drug-likeness (QED) is 0.651. The van der Waals surface area contributed by atoms with Gasteiger partial charge >= 0.3 is 6.03 Å². The number of nitrogens with zero attached hydrogens (tertiary/aromatic N) is 3. The Balaban J connectivity index is 1.65. The summed E-state index contributed by atoms with van der Waals surface area (Å²) in [4.78, 5) is 26.5. The summed E-state index contributed by atoms with van der Waals surface area (Å²) in [6.45, 7) is 1.64. The zero-order valence-corrected chi connectivity index (χ0v) is 18.1. The maximum absolute atomic E-state index is 12.9. The van der Waals surface area contributed by atoms with Gasteiger partial charge in [0.15, 0.2) is 0 Å². The average Bonchev–Trinajstić information content (AvgIpc) is 2.98. The highest BCUT2D eigenvalue weighted by atomic mass is 32.2. The fourth-order valence-corrected chi connectivity index (χ4v) is 4.07. The lowest BCUT2D eigenvalue weighted by molar-refractivity contribution is -0.131. The van der Waals surface area contributed by atoms with Crippen LogP contribution in [0.1, 0.15) is 18.1 Å². The summed E-state index contributed by atoms with van der Waals surface area (Å²) in [6.07, 6.45) is 0. The third-order valence-corrected chi connectivity index (χ3v) is 6.86. The number of carbonyl (C=O) groups is 2. The molecule has 1 heterocycles. The molecule has 0 radical (unpaired) electrons. The van der Waals surface area contributed by atoms with Crippen LogP contribution in [-0.4, -0.2) is 56.8 Å². The molecule has 0 bridgehead atoms. The number of benzene rings is 2. The van der Waals surface area contributed by atoms with E-state index in [2.05, 4.69) is 5.32 Å². The third kappa shape index (κ3) is 4.23. The first-order valence-electron chi connectivity index (χ1n) is 9.40. The van der Waals surface area contributed by atoms with Crippen molar-refractivity contribution in [3.63, 3.8) is 0 Å². The number of ether oxygens (including phenoxy) is 1. The van der Waals surface area contributed by atoms with Crippen molar-refractivity contribution in [3.05, 3.63) is 59.7 Å². The van der Waals surface area contributed by atoms with Crippen LogP contribution < -0.4 is 10.1 Å². The van der Waals surface area contributed by atoms with Crippen molar-refractivity contribution in [2.24, 2.45) is 0 Å². The molecule has 1 N–H and O–H groups in total. The number of hydrogen-bond acceptors (Lipinski definition) is 6. The average molecular weight is 442 g/mol. The second-order valence-electron chi connectivity index (χ2n) is 7.31. The highest BCUT2D eigenvalue weighted by molar-refractivity contribution is 7.89. The van der Waals surface area contributed by atoms with E-state index in [4.69, 9.17) is 10.00 Å². The van der Waals surface area contributed by atoms with Gasteiger partial charge in [-0.15, -0.1) is 0 Å². The minimum Gasteiger partial charge on any atom is -0.492 e. The molecule has 10 heteroatoms. The molecule has 162 valence electrons. The Morgan fingerprint density at radius 3 is 2.45 bits per heavy atom. The van der Waals surface area contributed by atoms with Crippen LogP contribution in [0.15, 0.2) is 53.4 Å². The standard InChI is InChI=1S/C21H22N4O5S/c1-21(16-6-4-5-15(13-16)14-22)19(26)25(20(27)23-21)11-12-30-17-7-9-18(10-8-17)31(28,29)24(2)3/h4-10,13H,11-12H2,1-3H3,(H,23,27)/t21-/m1/s1. The number of urea groups is 1. The fraction of sp³-hybridized carbons (Fsp3) is 0.286. The Morgan fingerprint density at radius 2 is 1.84 bits per heavy atom. The van der Waals surface area contributed by atoms with E-state index in [-0.39, 0.29) is 18.0 Å². The van der Waals surface area contributed by atoms with Gasteiger partial charge in [0.1, 0.15) is 17.9 Å². The normalized spacial score (nSPS) is 18.7. The SMILES string of the molecule is CN(C)S(=O)(=O)c1ccc(OCCN2C(=O)N[C@](C)(c3cccc(C#N)c3)C2=O)cc1. The van der Waals surface area contributed by atoms with Crippen molar-refractivity contribution in [1.29, 1.82) is 5.26 Å². The third-order valence-electron chi connectivity index (χ3n) is 5.03. The van der Waals surface area contributed by atoms with Gasteiger partial charge in [-0.05, 0) is 48.9 Å². The van der Waals surface area contributed by atoms with Crippen LogP contribution in [0.2, 0.25) is 0 Å². The largest absolute Gasteiger partial charge is 0.492 e. The van der Waals surface area contributed by atoms with Crippen molar-refractivity contribution >= 4 is 22.0 Å². The van der Waals surface area contributed by atoms with E-state index in [1.54, 1.807) is 31.2 Å². The second-order valence-corrected chi connectivity index (χ2v) is 9.46. The van der Waals surface area contributed by atoms with Gasteiger partial charge in [-0.1, -0.05) is 12.1 Å². The van der Waals surface area contributed by atoms with Crippen LogP contribution in [-0.2, 0) is 20.4 Å². The van der Waals surface area contributed by atoms with E-state index in [1.807, 2.05) is 6.07 Å². The van der Waals surface area contributed by atoms with Gasteiger partial charge in [0, 0.05) is 14.1 Å². The zero-order chi connectivity index (χ0) is 22.8. The van der Waals surface area contributed by atoms with Gasteiger partial charge in [-0.2, -0.15) is 5.26 Å². The first-order chi connectivity index (χ1) is 14.6. The Hall–Kier alpha value is -3.42. The first kappa shape index (κ1) is 22.3. The van der Waals surface area contributed by atoms with Crippen LogP contribution in [0.5, 0.6) is 5.75 Å². The van der Waals surface area contributed by atoms with Gasteiger partial charge in [-0.3, -0.25) is 9.69 Å². The number of carbonyl (C=O) groups excluding carboxylic acids is 2. The van der Waals surface area contributed by atoms with E-state index in [0.717, 1.165) is 9.21 Å². The molecule has 0 aromatic heterocycles. The molecule has 1 saturated heterocycles. The Labute approximate surface area is 180 Å². The highest BCUT2D eigenvalue weighted by Gasteiger charge is 2.48. The second kappa shape index (κ2) is 8.37. The number of sulfonamides is 1. The Kier molecular flexibility index (Phi) is 6.01. The van der Waals surface area contributed by atoms with Crippen molar-refractivity contribution in [1.82, 2.24) is 14.5 Å². The van der Waals surface area contributed by atoms with E-state index in [9.17, 15) is 18.0 Å². The molecule has 1 atom stereocenters. The number of imide groups is 1. The van der Waals surface area contributed by atoms with Crippen molar-refractivity contribution < 1.29 is 22.7 Å². The number of rotatable bonds is 7. The molecule has 0 aliphatic carbocycles. The maximum Gasteiger partial charge on any atom is 0.325 e. The molecule has 0 unspecified atom stereocenters. The number of hydrogen-bond donors (Lipinski definition) is 1. The molecular formula is C21H22N4O5S. The smallest absolute Gasteiger partial charge is 0.325 e. The van der Waals surface area contributed by atoms with Crippen LogP contribution in [0.25, 0.3) is 0 Å². The van der Waals surface area contributed by atoms with E-state index in [0.29, 0.717) is 16.9 Å². The Bertz CT molecular complexity index is 1160. The van der Waals surface area contributed by atoms with Gasteiger partial charge < -0.3 is 10.1 Å². The minimum atomic E-state index is -3.53. The van der Waals surface area contributed by atoms with Crippen LogP contribution in [0, 0.1) is 11.3 Å². The number of nitrogens with one attached hydrogen (secondary N) is 1. The highest BCUT2D eigenvalue weighted by Crippen LogP contribution is 2.29. The predicted molar refractivity (Wildman–Crippen MR) is 112 cm³/mol. The van der Waals surface area contributed by atoms with Crippen molar-refractivity contribution in [3.8, 4) is 11.8 Å². The van der Waals surface area contributed by atoms with Gasteiger partial charge in [0.25, 0.3) is 5.91 Å². The van der Waals surface area contributed by atoms with Gasteiger partial charge in [0.2, 0.25) is 10.0 Å².